The Morgan fingerprint density at radius 1 is 1.15 bits per heavy atom. The highest BCUT2D eigenvalue weighted by molar-refractivity contribution is 5.97. The third kappa shape index (κ3) is 3.82. The van der Waals surface area contributed by atoms with Gasteiger partial charge in [-0.2, -0.15) is 0 Å². The number of nitrogens with one attached hydrogen (secondary N) is 1. The number of nitrogens with zero attached hydrogens (tertiary/aromatic N) is 3. The lowest BCUT2D eigenvalue weighted by Crippen LogP contribution is -2.43. The molecule has 27 heavy (non-hydrogen) atoms. The number of pyridine rings is 1. The molecule has 2 fully saturated rings. The molecule has 2 aliphatic rings. The summed E-state index contributed by atoms with van der Waals surface area (Å²) in [7, 11) is 0. The van der Waals surface area contributed by atoms with Gasteiger partial charge in [-0.1, -0.05) is 0 Å². The molecular weight excluding hydrogens is 344 g/mol. The van der Waals surface area contributed by atoms with Gasteiger partial charge < -0.3 is 19.5 Å². The maximum atomic E-state index is 12.9. The monoisotopic (exact) mass is 368 g/mol. The molecule has 0 spiro atoms. The Bertz CT molecular complexity index is 799. The molecule has 0 bridgehead atoms. The number of piperidine rings is 1. The molecule has 0 radical (unpaired) electrons. The van der Waals surface area contributed by atoms with Crippen molar-refractivity contribution in [3.63, 3.8) is 0 Å². The molecule has 2 aromatic rings. The maximum Gasteiger partial charge on any atom is 0.257 e. The number of anilines is 2. The molecule has 2 amide bonds. The van der Waals surface area contributed by atoms with Crippen LogP contribution in [0.25, 0.3) is 0 Å². The lowest BCUT2D eigenvalue weighted by molar-refractivity contribution is -0.121. The summed E-state index contributed by atoms with van der Waals surface area (Å²) in [6.07, 6.45) is 8.59. The highest BCUT2D eigenvalue weighted by atomic mass is 16.3. The standard InChI is InChI=1S/C20H24N4O3/c25-19(22-17-6-3-8-21-18(17)23-9-1-2-10-23)15-5-4-11-24(13-15)20(26)16-7-12-27-14-16/h3,6-8,12,14-15H,1-2,4-5,9-11,13H2,(H,22,25). The normalized spacial score (nSPS) is 19.9. The summed E-state index contributed by atoms with van der Waals surface area (Å²) in [5, 5.41) is 3.05. The van der Waals surface area contributed by atoms with Crippen LogP contribution in [0.1, 0.15) is 36.0 Å². The highest BCUT2D eigenvalue weighted by Gasteiger charge is 2.30. The van der Waals surface area contributed by atoms with Gasteiger partial charge in [0.1, 0.15) is 6.26 Å². The topological polar surface area (TPSA) is 78.7 Å². The molecular formula is C20H24N4O3. The number of carbonyl (C=O) groups is 2. The quantitative estimate of drug-likeness (QED) is 0.898. The van der Waals surface area contributed by atoms with Crippen molar-refractivity contribution in [3.05, 3.63) is 42.5 Å². The van der Waals surface area contributed by atoms with Crippen LogP contribution in [-0.4, -0.2) is 47.9 Å². The van der Waals surface area contributed by atoms with Crippen LogP contribution >= 0.6 is 0 Å². The molecule has 0 saturated carbocycles. The van der Waals surface area contributed by atoms with E-state index < -0.39 is 0 Å². The highest BCUT2D eigenvalue weighted by Crippen LogP contribution is 2.27. The van der Waals surface area contributed by atoms with Gasteiger partial charge in [-0.15, -0.1) is 0 Å². The van der Waals surface area contributed by atoms with E-state index in [1.54, 1.807) is 17.2 Å². The first-order chi connectivity index (χ1) is 13.2. The van der Waals surface area contributed by atoms with E-state index in [9.17, 15) is 9.59 Å². The number of carbonyl (C=O) groups excluding carboxylic acids is 2. The number of hydrogen-bond acceptors (Lipinski definition) is 5. The molecule has 4 rings (SSSR count). The van der Waals surface area contributed by atoms with Crippen molar-refractivity contribution < 1.29 is 14.0 Å². The lowest BCUT2D eigenvalue weighted by atomic mass is 9.96. The minimum absolute atomic E-state index is 0.0480. The number of likely N-dealkylation sites (tertiary alicyclic amines) is 1. The van der Waals surface area contributed by atoms with Gasteiger partial charge in [0.05, 0.1) is 23.4 Å². The van der Waals surface area contributed by atoms with E-state index in [-0.39, 0.29) is 17.7 Å². The second kappa shape index (κ2) is 7.82. The minimum Gasteiger partial charge on any atom is -0.472 e. The molecule has 1 atom stereocenters. The molecule has 4 heterocycles. The third-order valence-corrected chi connectivity index (χ3v) is 5.30. The van der Waals surface area contributed by atoms with Crippen LogP contribution in [0.2, 0.25) is 0 Å². The van der Waals surface area contributed by atoms with Gasteiger partial charge in [0.2, 0.25) is 5.91 Å². The average molecular weight is 368 g/mol. The first-order valence-corrected chi connectivity index (χ1v) is 9.54. The minimum atomic E-state index is -0.221. The van der Waals surface area contributed by atoms with E-state index in [0.29, 0.717) is 18.7 Å². The second-order valence-corrected chi connectivity index (χ2v) is 7.16. The first kappa shape index (κ1) is 17.6. The van der Waals surface area contributed by atoms with Crippen molar-refractivity contribution in [1.82, 2.24) is 9.88 Å². The van der Waals surface area contributed by atoms with Crippen LogP contribution in [0.3, 0.4) is 0 Å². The lowest BCUT2D eigenvalue weighted by Gasteiger charge is -2.32. The molecule has 0 aromatic carbocycles. The SMILES string of the molecule is O=C(Nc1cccnc1N1CCCC1)C1CCCN(C(=O)c2ccoc2)C1. The van der Waals surface area contributed by atoms with Gasteiger partial charge in [0, 0.05) is 32.4 Å². The van der Waals surface area contributed by atoms with Crippen molar-refractivity contribution in [2.75, 3.05) is 36.4 Å². The van der Waals surface area contributed by atoms with E-state index in [1.165, 1.54) is 12.5 Å². The number of rotatable bonds is 4. The largest absolute Gasteiger partial charge is 0.472 e. The number of furan rings is 1. The fraction of sp³-hybridized carbons (Fsp3) is 0.450. The van der Waals surface area contributed by atoms with E-state index >= 15 is 0 Å². The molecule has 1 N–H and O–H groups in total. The van der Waals surface area contributed by atoms with Gasteiger partial charge >= 0.3 is 0 Å². The Balaban J connectivity index is 1.43. The Kier molecular flexibility index (Phi) is 5.09. The van der Waals surface area contributed by atoms with Gasteiger partial charge in [-0.25, -0.2) is 4.98 Å². The van der Waals surface area contributed by atoms with Crippen LogP contribution in [0.5, 0.6) is 0 Å². The molecule has 7 heteroatoms. The molecule has 2 aliphatic heterocycles. The average Bonchev–Trinajstić information content (AvgIpc) is 3.42. The predicted octanol–water partition coefficient (Wildman–Crippen LogP) is 2.77. The zero-order valence-electron chi connectivity index (χ0n) is 15.3. The van der Waals surface area contributed by atoms with Crippen LogP contribution in [-0.2, 0) is 4.79 Å². The Hall–Kier alpha value is -2.83. The zero-order chi connectivity index (χ0) is 18.6. The smallest absolute Gasteiger partial charge is 0.257 e. The molecule has 1 unspecified atom stereocenters. The number of amides is 2. The summed E-state index contributed by atoms with van der Waals surface area (Å²) in [5.41, 5.74) is 1.28. The van der Waals surface area contributed by atoms with Gasteiger partial charge in [0.25, 0.3) is 5.91 Å². The number of hydrogen-bond donors (Lipinski definition) is 1. The summed E-state index contributed by atoms with van der Waals surface area (Å²) < 4.78 is 5.00. The van der Waals surface area contributed by atoms with Crippen LogP contribution in [0, 0.1) is 5.92 Å². The van der Waals surface area contributed by atoms with Crippen LogP contribution < -0.4 is 10.2 Å². The summed E-state index contributed by atoms with van der Waals surface area (Å²) >= 11 is 0. The molecule has 0 aliphatic carbocycles. The van der Waals surface area contributed by atoms with Crippen LogP contribution in [0.4, 0.5) is 11.5 Å². The van der Waals surface area contributed by atoms with E-state index in [4.69, 9.17) is 4.42 Å². The maximum absolute atomic E-state index is 12.9. The summed E-state index contributed by atoms with van der Waals surface area (Å²) in [5.74, 6) is 0.486. The van der Waals surface area contributed by atoms with Gasteiger partial charge in [-0.3, -0.25) is 9.59 Å². The summed E-state index contributed by atoms with van der Waals surface area (Å²) in [6, 6.07) is 5.39. The fourth-order valence-electron chi connectivity index (χ4n) is 3.85. The first-order valence-electron chi connectivity index (χ1n) is 9.54. The molecule has 142 valence electrons. The fourth-order valence-corrected chi connectivity index (χ4v) is 3.85. The Morgan fingerprint density at radius 2 is 2.00 bits per heavy atom. The van der Waals surface area contributed by atoms with Crippen LogP contribution in [0.15, 0.2) is 41.3 Å². The van der Waals surface area contributed by atoms with Gasteiger partial charge in [0.15, 0.2) is 5.82 Å². The van der Waals surface area contributed by atoms with Crippen molar-refractivity contribution >= 4 is 23.3 Å². The summed E-state index contributed by atoms with van der Waals surface area (Å²) in [6.45, 7) is 3.03. The number of aromatic nitrogens is 1. The van der Waals surface area contributed by atoms with Crippen molar-refractivity contribution in [3.8, 4) is 0 Å². The van der Waals surface area contributed by atoms with Crippen molar-refractivity contribution in [2.45, 2.75) is 25.7 Å². The predicted molar refractivity (Wildman–Crippen MR) is 102 cm³/mol. The van der Waals surface area contributed by atoms with Crippen molar-refractivity contribution in [1.29, 1.82) is 0 Å². The van der Waals surface area contributed by atoms with Gasteiger partial charge in [-0.05, 0) is 43.9 Å². The Labute approximate surface area is 158 Å². The molecule has 2 saturated heterocycles. The van der Waals surface area contributed by atoms with E-state index in [2.05, 4.69) is 15.2 Å². The zero-order valence-corrected chi connectivity index (χ0v) is 15.3. The van der Waals surface area contributed by atoms with E-state index in [0.717, 1.165) is 50.3 Å². The third-order valence-electron chi connectivity index (χ3n) is 5.30. The molecule has 7 nitrogen and oxygen atoms in total. The summed E-state index contributed by atoms with van der Waals surface area (Å²) in [4.78, 5) is 33.8. The Morgan fingerprint density at radius 3 is 2.78 bits per heavy atom. The van der Waals surface area contributed by atoms with Crippen molar-refractivity contribution in [2.24, 2.45) is 5.92 Å². The second-order valence-electron chi connectivity index (χ2n) is 7.16. The molecule has 2 aromatic heterocycles. The van der Waals surface area contributed by atoms with E-state index in [1.807, 2.05) is 12.1 Å².